The molecule has 1 N–H and O–H groups in total. The molecule has 1 aliphatic heterocycles. The Balaban J connectivity index is 1.68. The second-order valence-electron chi connectivity index (χ2n) is 6.14. The largest absolute Gasteiger partial charge is 0.378 e. The van der Waals surface area contributed by atoms with Crippen LogP contribution in [0.2, 0.25) is 0 Å². The minimum Gasteiger partial charge on any atom is -0.378 e. The van der Waals surface area contributed by atoms with Crippen molar-refractivity contribution in [1.82, 2.24) is 0 Å². The smallest absolute Gasteiger partial charge is 0.255 e. The fourth-order valence-electron chi connectivity index (χ4n) is 2.86. The van der Waals surface area contributed by atoms with Crippen LogP contribution in [0, 0.1) is 0 Å². The lowest BCUT2D eigenvalue weighted by molar-refractivity contribution is 0.102. The van der Waals surface area contributed by atoms with E-state index in [0.717, 1.165) is 24.5 Å². The van der Waals surface area contributed by atoms with E-state index in [0.29, 0.717) is 5.56 Å². The molecule has 120 valence electrons. The first-order valence-corrected chi connectivity index (χ1v) is 8.07. The predicted molar refractivity (Wildman–Crippen MR) is 96.6 cm³/mol. The van der Waals surface area contributed by atoms with Gasteiger partial charge in [-0.3, -0.25) is 4.79 Å². The summed E-state index contributed by atoms with van der Waals surface area (Å²) in [4.78, 5) is 16.8. The van der Waals surface area contributed by atoms with Crippen LogP contribution in [0.4, 0.5) is 17.1 Å². The highest BCUT2D eigenvalue weighted by atomic mass is 16.1. The SMILES string of the molecule is CN(C)c1cccc(C(=O)Nc2ccc(N3CCCC3)cc2)c1. The molecule has 0 bridgehead atoms. The van der Waals surface area contributed by atoms with Crippen LogP contribution in [-0.2, 0) is 0 Å². The Kier molecular flexibility index (Phi) is 4.51. The standard InChI is InChI=1S/C19H23N3O/c1-21(2)18-7-5-6-15(14-18)19(23)20-16-8-10-17(11-9-16)22-12-3-4-13-22/h5-11,14H,3-4,12-13H2,1-2H3,(H,20,23). The second kappa shape index (κ2) is 6.73. The Morgan fingerprint density at radius 3 is 2.39 bits per heavy atom. The fourth-order valence-corrected chi connectivity index (χ4v) is 2.86. The highest BCUT2D eigenvalue weighted by molar-refractivity contribution is 6.04. The monoisotopic (exact) mass is 309 g/mol. The van der Waals surface area contributed by atoms with Crippen molar-refractivity contribution in [1.29, 1.82) is 0 Å². The number of anilines is 3. The van der Waals surface area contributed by atoms with Crippen molar-refractivity contribution >= 4 is 23.0 Å². The normalized spacial score (nSPS) is 13.9. The lowest BCUT2D eigenvalue weighted by Gasteiger charge is -2.18. The molecular weight excluding hydrogens is 286 g/mol. The van der Waals surface area contributed by atoms with E-state index in [9.17, 15) is 4.79 Å². The first-order chi connectivity index (χ1) is 11.1. The van der Waals surface area contributed by atoms with Crippen molar-refractivity contribution in [3.05, 3.63) is 54.1 Å². The van der Waals surface area contributed by atoms with Gasteiger partial charge in [0.2, 0.25) is 0 Å². The number of benzene rings is 2. The molecule has 1 amide bonds. The Morgan fingerprint density at radius 2 is 1.74 bits per heavy atom. The second-order valence-corrected chi connectivity index (χ2v) is 6.14. The summed E-state index contributed by atoms with van der Waals surface area (Å²) in [6.45, 7) is 2.26. The summed E-state index contributed by atoms with van der Waals surface area (Å²) < 4.78 is 0. The van der Waals surface area contributed by atoms with Crippen LogP contribution in [0.3, 0.4) is 0 Å². The summed E-state index contributed by atoms with van der Waals surface area (Å²) in [7, 11) is 3.93. The third-order valence-corrected chi connectivity index (χ3v) is 4.22. The number of amides is 1. The minimum atomic E-state index is -0.0809. The number of hydrogen-bond donors (Lipinski definition) is 1. The molecule has 0 atom stereocenters. The van der Waals surface area contributed by atoms with Crippen LogP contribution < -0.4 is 15.1 Å². The van der Waals surface area contributed by atoms with Gasteiger partial charge in [0.25, 0.3) is 5.91 Å². The summed E-state index contributed by atoms with van der Waals surface area (Å²) in [6.07, 6.45) is 2.53. The summed E-state index contributed by atoms with van der Waals surface area (Å²) in [5.41, 5.74) is 3.74. The molecule has 4 heteroatoms. The van der Waals surface area contributed by atoms with Gasteiger partial charge in [-0.1, -0.05) is 6.07 Å². The van der Waals surface area contributed by atoms with Crippen molar-refractivity contribution in [2.45, 2.75) is 12.8 Å². The van der Waals surface area contributed by atoms with Crippen LogP contribution in [-0.4, -0.2) is 33.1 Å². The highest BCUT2D eigenvalue weighted by Crippen LogP contribution is 2.22. The molecule has 3 rings (SSSR count). The van der Waals surface area contributed by atoms with Gasteiger partial charge >= 0.3 is 0 Å². The number of carbonyl (C=O) groups excluding carboxylic acids is 1. The first-order valence-electron chi connectivity index (χ1n) is 8.07. The lowest BCUT2D eigenvalue weighted by Crippen LogP contribution is -2.17. The maximum absolute atomic E-state index is 12.4. The van der Waals surface area contributed by atoms with Gasteiger partial charge in [0, 0.05) is 49.8 Å². The molecule has 2 aromatic rings. The first kappa shape index (κ1) is 15.4. The van der Waals surface area contributed by atoms with E-state index in [-0.39, 0.29) is 5.91 Å². The Hall–Kier alpha value is -2.49. The zero-order valence-corrected chi connectivity index (χ0v) is 13.7. The number of nitrogens with one attached hydrogen (secondary N) is 1. The number of carbonyl (C=O) groups is 1. The molecule has 0 saturated carbocycles. The van der Waals surface area contributed by atoms with E-state index in [2.05, 4.69) is 22.3 Å². The van der Waals surface area contributed by atoms with E-state index < -0.39 is 0 Å². The lowest BCUT2D eigenvalue weighted by atomic mass is 10.1. The Bertz CT molecular complexity index is 673. The van der Waals surface area contributed by atoms with Gasteiger partial charge in [-0.25, -0.2) is 0 Å². The Morgan fingerprint density at radius 1 is 1.04 bits per heavy atom. The molecule has 1 heterocycles. The van der Waals surface area contributed by atoms with Gasteiger partial charge in [0.1, 0.15) is 0 Å². The van der Waals surface area contributed by atoms with Crippen molar-refractivity contribution in [3.63, 3.8) is 0 Å². The maximum atomic E-state index is 12.4. The van der Waals surface area contributed by atoms with Crippen molar-refractivity contribution in [3.8, 4) is 0 Å². The zero-order chi connectivity index (χ0) is 16.2. The van der Waals surface area contributed by atoms with Crippen molar-refractivity contribution in [2.24, 2.45) is 0 Å². The van der Waals surface area contributed by atoms with Gasteiger partial charge in [-0.05, 0) is 55.3 Å². The van der Waals surface area contributed by atoms with Crippen molar-refractivity contribution in [2.75, 3.05) is 42.3 Å². The molecule has 0 aliphatic carbocycles. The van der Waals surface area contributed by atoms with Crippen LogP contribution >= 0.6 is 0 Å². The van der Waals surface area contributed by atoms with E-state index in [1.807, 2.05) is 55.4 Å². The third kappa shape index (κ3) is 3.65. The number of nitrogens with zero attached hydrogens (tertiary/aromatic N) is 2. The number of hydrogen-bond acceptors (Lipinski definition) is 3. The van der Waals surface area contributed by atoms with Gasteiger partial charge in [-0.2, -0.15) is 0 Å². The summed E-state index contributed by atoms with van der Waals surface area (Å²) >= 11 is 0. The topological polar surface area (TPSA) is 35.6 Å². The van der Waals surface area contributed by atoms with E-state index in [1.165, 1.54) is 18.5 Å². The van der Waals surface area contributed by atoms with Gasteiger partial charge in [-0.15, -0.1) is 0 Å². The van der Waals surface area contributed by atoms with Crippen LogP contribution in [0.1, 0.15) is 23.2 Å². The summed E-state index contributed by atoms with van der Waals surface area (Å²) in [5.74, 6) is -0.0809. The average molecular weight is 309 g/mol. The van der Waals surface area contributed by atoms with Crippen LogP contribution in [0.15, 0.2) is 48.5 Å². The quantitative estimate of drug-likeness (QED) is 0.937. The third-order valence-electron chi connectivity index (χ3n) is 4.22. The zero-order valence-electron chi connectivity index (χ0n) is 13.7. The molecule has 0 unspecified atom stereocenters. The van der Waals surface area contributed by atoms with Crippen molar-refractivity contribution < 1.29 is 4.79 Å². The number of rotatable bonds is 4. The fraction of sp³-hybridized carbons (Fsp3) is 0.316. The van der Waals surface area contributed by atoms with Crippen LogP contribution in [0.25, 0.3) is 0 Å². The molecule has 0 aromatic heterocycles. The molecule has 0 spiro atoms. The van der Waals surface area contributed by atoms with E-state index in [1.54, 1.807) is 0 Å². The molecular formula is C19H23N3O. The van der Waals surface area contributed by atoms with Crippen LogP contribution in [0.5, 0.6) is 0 Å². The molecule has 2 aromatic carbocycles. The summed E-state index contributed by atoms with van der Waals surface area (Å²) in [6, 6.07) is 15.7. The molecule has 4 nitrogen and oxygen atoms in total. The minimum absolute atomic E-state index is 0.0809. The van der Waals surface area contributed by atoms with Gasteiger partial charge in [0.15, 0.2) is 0 Å². The molecule has 1 saturated heterocycles. The highest BCUT2D eigenvalue weighted by Gasteiger charge is 2.12. The van der Waals surface area contributed by atoms with Gasteiger partial charge in [0.05, 0.1) is 0 Å². The van der Waals surface area contributed by atoms with E-state index in [4.69, 9.17) is 0 Å². The molecule has 1 aliphatic rings. The summed E-state index contributed by atoms with van der Waals surface area (Å²) in [5, 5.41) is 2.97. The average Bonchev–Trinajstić information content (AvgIpc) is 3.10. The Labute approximate surface area is 137 Å². The predicted octanol–water partition coefficient (Wildman–Crippen LogP) is 3.61. The molecule has 23 heavy (non-hydrogen) atoms. The molecule has 0 radical (unpaired) electrons. The maximum Gasteiger partial charge on any atom is 0.255 e. The van der Waals surface area contributed by atoms with Gasteiger partial charge < -0.3 is 15.1 Å². The molecule has 1 fully saturated rings. The van der Waals surface area contributed by atoms with E-state index >= 15 is 0 Å².